The summed E-state index contributed by atoms with van der Waals surface area (Å²) in [6.07, 6.45) is 8.40. The third-order valence-electron chi connectivity index (χ3n) is 2.43. The first kappa shape index (κ1) is 11.5. The molecule has 0 spiro atoms. The van der Waals surface area contributed by atoms with Gasteiger partial charge < -0.3 is 0 Å². The molecule has 1 unspecified atom stereocenters. The van der Waals surface area contributed by atoms with Crippen LogP contribution in [0.5, 0.6) is 0 Å². The van der Waals surface area contributed by atoms with Gasteiger partial charge in [0.2, 0.25) is 0 Å². The summed E-state index contributed by atoms with van der Waals surface area (Å²) >= 11 is 0. The molecule has 12 heavy (non-hydrogen) atoms. The van der Waals surface area contributed by atoms with Gasteiger partial charge >= 0.3 is 0 Å². The first-order valence-corrected chi connectivity index (χ1v) is 5.18. The van der Waals surface area contributed by atoms with Gasteiger partial charge in [0, 0.05) is 6.42 Å². The molecule has 0 aliphatic rings. The molecule has 0 aliphatic heterocycles. The van der Waals surface area contributed by atoms with Crippen LogP contribution in [0.1, 0.15) is 58.8 Å². The fraction of sp³-hybridized carbons (Fsp3) is 0.909. The van der Waals surface area contributed by atoms with E-state index >= 15 is 0 Å². The number of rotatable bonds is 7. The van der Waals surface area contributed by atoms with E-state index in [0.29, 0.717) is 0 Å². The molecule has 0 heterocycles. The van der Waals surface area contributed by atoms with Crippen LogP contribution in [0.3, 0.4) is 0 Å². The van der Waals surface area contributed by atoms with Crippen LogP contribution >= 0.6 is 0 Å². The molecule has 70 valence electrons. The Morgan fingerprint density at radius 3 is 2.42 bits per heavy atom. The molecule has 0 aromatic heterocycles. The van der Waals surface area contributed by atoms with Crippen molar-refractivity contribution >= 4 is 0 Å². The second kappa shape index (κ2) is 8.59. The van der Waals surface area contributed by atoms with Crippen molar-refractivity contribution in [2.75, 3.05) is 0 Å². The van der Waals surface area contributed by atoms with Gasteiger partial charge in [-0.15, -0.1) is 0 Å². The molecule has 1 atom stereocenters. The Labute approximate surface area is 76.8 Å². The molecule has 0 saturated carbocycles. The Bertz CT molecular complexity index is 123. The quantitative estimate of drug-likeness (QED) is 0.527. The second-order valence-corrected chi connectivity index (χ2v) is 3.62. The summed E-state index contributed by atoms with van der Waals surface area (Å²) < 4.78 is 0. The molecule has 0 N–H and O–H groups in total. The highest BCUT2D eigenvalue weighted by Gasteiger charge is 1.97. The fourth-order valence-corrected chi connectivity index (χ4v) is 1.25. The van der Waals surface area contributed by atoms with E-state index in [0.717, 1.165) is 18.8 Å². The minimum absolute atomic E-state index is 0.739. The third-order valence-corrected chi connectivity index (χ3v) is 2.43. The maximum atomic E-state index is 8.30. The van der Waals surface area contributed by atoms with Gasteiger partial charge in [0.05, 0.1) is 6.07 Å². The molecule has 0 radical (unpaired) electrons. The van der Waals surface area contributed by atoms with E-state index < -0.39 is 0 Å². The lowest BCUT2D eigenvalue weighted by Crippen LogP contribution is -1.91. The molecule has 0 saturated heterocycles. The fourth-order valence-electron chi connectivity index (χ4n) is 1.25. The van der Waals surface area contributed by atoms with E-state index in [1.54, 1.807) is 0 Å². The van der Waals surface area contributed by atoms with E-state index in [2.05, 4.69) is 19.9 Å². The predicted molar refractivity (Wildman–Crippen MR) is 52.8 cm³/mol. The first-order chi connectivity index (χ1) is 5.81. The molecule has 0 aromatic carbocycles. The number of nitrogens with zero attached hydrogens (tertiary/aromatic N) is 1. The van der Waals surface area contributed by atoms with Gasteiger partial charge in [-0.25, -0.2) is 0 Å². The molecule has 1 heteroatoms. The summed E-state index contributed by atoms with van der Waals surface area (Å²) in [5.74, 6) is 0.890. The van der Waals surface area contributed by atoms with Crippen molar-refractivity contribution in [2.24, 2.45) is 5.92 Å². The van der Waals surface area contributed by atoms with Gasteiger partial charge in [0.25, 0.3) is 0 Å². The van der Waals surface area contributed by atoms with Crippen molar-refractivity contribution in [3.05, 3.63) is 0 Å². The lowest BCUT2D eigenvalue weighted by atomic mass is 10.0. The minimum atomic E-state index is 0.739. The Kier molecular flexibility index (Phi) is 8.22. The molecule has 0 fully saturated rings. The standard InChI is InChI=1S/C11H21N/c1-3-11(2)9-7-5-4-6-8-10-12/h11H,3-9H2,1-2H3. The van der Waals surface area contributed by atoms with Gasteiger partial charge in [0.1, 0.15) is 0 Å². The lowest BCUT2D eigenvalue weighted by Gasteiger charge is -2.06. The molecular weight excluding hydrogens is 146 g/mol. The topological polar surface area (TPSA) is 23.8 Å². The Balaban J connectivity index is 2.96. The average molecular weight is 167 g/mol. The minimum Gasteiger partial charge on any atom is -0.198 e. The summed E-state index contributed by atoms with van der Waals surface area (Å²) in [6, 6.07) is 2.18. The van der Waals surface area contributed by atoms with Crippen LogP contribution in [0, 0.1) is 17.2 Å². The van der Waals surface area contributed by atoms with E-state index in [1.807, 2.05) is 0 Å². The van der Waals surface area contributed by atoms with Crippen LogP contribution < -0.4 is 0 Å². The Hall–Kier alpha value is -0.510. The summed E-state index contributed by atoms with van der Waals surface area (Å²) in [6.45, 7) is 4.57. The summed E-state index contributed by atoms with van der Waals surface area (Å²) in [5, 5.41) is 8.30. The first-order valence-electron chi connectivity index (χ1n) is 5.18. The van der Waals surface area contributed by atoms with Crippen molar-refractivity contribution < 1.29 is 0 Å². The monoisotopic (exact) mass is 167 g/mol. The third kappa shape index (κ3) is 7.60. The van der Waals surface area contributed by atoms with Gasteiger partial charge in [-0.2, -0.15) is 5.26 Å². The molecule has 0 amide bonds. The number of unbranched alkanes of at least 4 members (excludes halogenated alkanes) is 4. The highest BCUT2D eigenvalue weighted by molar-refractivity contribution is 4.67. The van der Waals surface area contributed by atoms with Crippen molar-refractivity contribution in [1.82, 2.24) is 0 Å². The summed E-state index contributed by atoms with van der Waals surface area (Å²) in [4.78, 5) is 0. The predicted octanol–water partition coefficient (Wildman–Crippen LogP) is 3.90. The zero-order valence-electron chi connectivity index (χ0n) is 8.47. The highest BCUT2D eigenvalue weighted by Crippen LogP contribution is 2.13. The maximum Gasteiger partial charge on any atom is 0.0621 e. The average Bonchev–Trinajstić information content (AvgIpc) is 2.10. The number of hydrogen-bond donors (Lipinski definition) is 0. The van der Waals surface area contributed by atoms with E-state index in [-0.39, 0.29) is 0 Å². The number of nitriles is 1. The van der Waals surface area contributed by atoms with Crippen LogP contribution in [-0.4, -0.2) is 0 Å². The van der Waals surface area contributed by atoms with E-state index in [4.69, 9.17) is 5.26 Å². The van der Waals surface area contributed by atoms with E-state index in [9.17, 15) is 0 Å². The zero-order valence-corrected chi connectivity index (χ0v) is 8.47. The molecule has 0 aliphatic carbocycles. The normalized spacial score (nSPS) is 12.4. The van der Waals surface area contributed by atoms with Crippen LogP contribution in [0.4, 0.5) is 0 Å². The largest absolute Gasteiger partial charge is 0.198 e. The van der Waals surface area contributed by atoms with Crippen molar-refractivity contribution in [3.8, 4) is 6.07 Å². The Morgan fingerprint density at radius 2 is 1.83 bits per heavy atom. The Morgan fingerprint density at radius 1 is 1.17 bits per heavy atom. The summed E-state index contributed by atoms with van der Waals surface area (Å²) in [5.41, 5.74) is 0. The van der Waals surface area contributed by atoms with Gasteiger partial charge in [-0.3, -0.25) is 0 Å². The SMILES string of the molecule is CCC(C)CCCCCCC#N. The second-order valence-electron chi connectivity index (χ2n) is 3.62. The molecule has 0 rings (SSSR count). The highest BCUT2D eigenvalue weighted by atomic mass is 14.2. The maximum absolute atomic E-state index is 8.30. The van der Waals surface area contributed by atoms with Crippen molar-refractivity contribution in [2.45, 2.75) is 58.8 Å². The van der Waals surface area contributed by atoms with Crippen molar-refractivity contribution in [1.29, 1.82) is 5.26 Å². The van der Waals surface area contributed by atoms with E-state index in [1.165, 1.54) is 32.1 Å². The zero-order chi connectivity index (χ0) is 9.23. The summed E-state index contributed by atoms with van der Waals surface area (Å²) in [7, 11) is 0. The van der Waals surface area contributed by atoms with Crippen molar-refractivity contribution in [3.63, 3.8) is 0 Å². The van der Waals surface area contributed by atoms with Crippen LogP contribution in [0.15, 0.2) is 0 Å². The van der Waals surface area contributed by atoms with Crippen LogP contribution in [0.2, 0.25) is 0 Å². The smallest absolute Gasteiger partial charge is 0.0621 e. The van der Waals surface area contributed by atoms with Gasteiger partial charge in [0.15, 0.2) is 0 Å². The molecule has 0 aromatic rings. The van der Waals surface area contributed by atoms with Crippen LogP contribution in [-0.2, 0) is 0 Å². The van der Waals surface area contributed by atoms with Gasteiger partial charge in [-0.1, -0.05) is 46.0 Å². The molecular formula is C11H21N. The molecule has 1 nitrogen and oxygen atoms in total. The van der Waals surface area contributed by atoms with Crippen LogP contribution in [0.25, 0.3) is 0 Å². The molecule has 0 bridgehead atoms. The number of hydrogen-bond acceptors (Lipinski definition) is 1. The van der Waals surface area contributed by atoms with Gasteiger partial charge in [-0.05, 0) is 12.3 Å². The lowest BCUT2D eigenvalue weighted by molar-refractivity contribution is 0.475.